The first-order chi connectivity index (χ1) is 10.0. The van der Waals surface area contributed by atoms with Crippen LogP contribution in [0.15, 0.2) is 48.5 Å². The van der Waals surface area contributed by atoms with E-state index in [1.54, 1.807) is 11.8 Å². The van der Waals surface area contributed by atoms with Gasteiger partial charge in [-0.2, -0.15) is 0 Å². The van der Waals surface area contributed by atoms with E-state index in [-0.39, 0.29) is 11.2 Å². The molecule has 2 nitrogen and oxygen atoms in total. The van der Waals surface area contributed by atoms with Crippen molar-refractivity contribution >= 4 is 35.0 Å². The fraction of sp³-hybridized carbons (Fsp3) is 0.235. The van der Waals surface area contributed by atoms with Crippen LogP contribution in [-0.4, -0.2) is 11.2 Å². The minimum Gasteiger partial charge on any atom is -0.325 e. The lowest BCUT2D eigenvalue weighted by atomic mass is 10.2. The molecule has 0 saturated heterocycles. The van der Waals surface area contributed by atoms with Crippen LogP contribution in [-0.2, 0) is 10.5 Å². The van der Waals surface area contributed by atoms with Crippen molar-refractivity contribution in [3.63, 3.8) is 0 Å². The third-order valence-corrected chi connectivity index (χ3v) is 4.53. The molecule has 0 aliphatic carbocycles. The Balaban J connectivity index is 1.86. The quantitative estimate of drug-likeness (QED) is 0.848. The lowest BCUT2D eigenvalue weighted by molar-refractivity contribution is -0.115. The molecule has 0 spiro atoms. The highest BCUT2D eigenvalue weighted by molar-refractivity contribution is 7.99. The topological polar surface area (TPSA) is 29.1 Å². The number of anilines is 1. The van der Waals surface area contributed by atoms with Crippen molar-refractivity contribution < 1.29 is 4.79 Å². The molecule has 0 bridgehead atoms. The first kappa shape index (κ1) is 15.9. The van der Waals surface area contributed by atoms with E-state index in [9.17, 15) is 4.79 Å². The Morgan fingerprint density at radius 2 is 1.95 bits per heavy atom. The number of thioether (sulfide) groups is 1. The zero-order valence-corrected chi connectivity index (χ0v) is 13.7. The molecule has 0 fully saturated rings. The van der Waals surface area contributed by atoms with Crippen molar-refractivity contribution in [2.75, 3.05) is 5.32 Å². The Bertz CT molecular complexity index is 612. The number of aryl methyl sites for hydroxylation is 1. The first-order valence-electron chi connectivity index (χ1n) is 6.78. The number of rotatable bonds is 5. The van der Waals surface area contributed by atoms with E-state index in [0.717, 1.165) is 22.0 Å². The number of carbonyl (C=O) groups excluding carboxylic acids is 1. The third kappa shape index (κ3) is 5.10. The van der Waals surface area contributed by atoms with Crippen LogP contribution in [0.1, 0.15) is 18.1 Å². The Morgan fingerprint density at radius 3 is 2.62 bits per heavy atom. The van der Waals surface area contributed by atoms with Crippen molar-refractivity contribution in [3.05, 3.63) is 64.7 Å². The molecular formula is C17H18ClNOS. The van der Waals surface area contributed by atoms with E-state index in [4.69, 9.17) is 11.6 Å². The molecule has 1 atom stereocenters. The summed E-state index contributed by atoms with van der Waals surface area (Å²) >= 11 is 7.47. The Hall–Kier alpha value is -1.45. The van der Waals surface area contributed by atoms with Gasteiger partial charge in [-0.05, 0) is 49.2 Å². The standard InChI is InChI=1S/C17H18ClNOS/c1-12-4-3-5-16(10-12)19-17(20)13(2)21-11-14-6-8-15(18)9-7-14/h3-10,13H,11H2,1-2H3,(H,19,20)/t13-/m0/s1. The number of halogens is 1. The molecule has 1 N–H and O–H groups in total. The van der Waals surface area contributed by atoms with Gasteiger partial charge in [-0.15, -0.1) is 11.8 Å². The summed E-state index contributed by atoms with van der Waals surface area (Å²) in [6.07, 6.45) is 0. The summed E-state index contributed by atoms with van der Waals surface area (Å²) in [5.41, 5.74) is 3.15. The summed E-state index contributed by atoms with van der Waals surface area (Å²) in [6.45, 7) is 3.93. The number of amides is 1. The first-order valence-corrected chi connectivity index (χ1v) is 8.21. The zero-order chi connectivity index (χ0) is 15.2. The van der Waals surface area contributed by atoms with E-state index < -0.39 is 0 Å². The van der Waals surface area contributed by atoms with E-state index in [0.29, 0.717) is 0 Å². The monoisotopic (exact) mass is 319 g/mol. The zero-order valence-electron chi connectivity index (χ0n) is 12.1. The predicted molar refractivity (Wildman–Crippen MR) is 92.0 cm³/mol. The summed E-state index contributed by atoms with van der Waals surface area (Å²) in [6, 6.07) is 15.5. The average Bonchev–Trinajstić information content (AvgIpc) is 2.46. The molecule has 4 heteroatoms. The van der Waals surface area contributed by atoms with Gasteiger partial charge in [0.15, 0.2) is 0 Å². The van der Waals surface area contributed by atoms with Crippen LogP contribution in [0.25, 0.3) is 0 Å². The number of carbonyl (C=O) groups is 1. The van der Waals surface area contributed by atoms with Crippen LogP contribution in [0.2, 0.25) is 5.02 Å². The van der Waals surface area contributed by atoms with Crippen molar-refractivity contribution in [1.82, 2.24) is 0 Å². The fourth-order valence-corrected chi connectivity index (χ4v) is 2.82. The molecule has 0 aliphatic heterocycles. The van der Waals surface area contributed by atoms with Crippen molar-refractivity contribution in [2.24, 2.45) is 0 Å². The van der Waals surface area contributed by atoms with Crippen LogP contribution in [0, 0.1) is 6.92 Å². The summed E-state index contributed by atoms with van der Waals surface area (Å²) in [5.74, 6) is 0.819. The van der Waals surface area contributed by atoms with Gasteiger partial charge < -0.3 is 5.32 Å². The largest absolute Gasteiger partial charge is 0.325 e. The number of hydrogen-bond acceptors (Lipinski definition) is 2. The summed E-state index contributed by atoms with van der Waals surface area (Å²) < 4.78 is 0. The molecule has 2 aromatic rings. The maximum absolute atomic E-state index is 12.1. The van der Waals surface area contributed by atoms with Gasteiger partial charge in [0, 0.05) is 16.5 Å². The van der Waals surface area contributed by atoms with Crippen LogP contribution < -0.4 is 5.32 Å². The van der Waals surface area contributed by atoms with E-state index in [1.165, 1.54) is 5.56 Å². The number of hydrogen-bond donors (Lipinski definition) is 1. The molecule has 2 aromatic carbocycles. The molecule has 110 valence electrons. The van der Waals surface area contributed by atoms with Gasteiger partial charge in [0.25, 0.3) is 0 Å². The van der Waals surface area contributed by atoms with Gasteiger partial charge in [0.1, 0.15) is 0 Å². The van der Waals surface area contributed by atoms with Crippen LogP contribution in [0.4, 0.5) is 5.69 Å². The van der Waals surface area contributed by atoms with Gasteiger partial charge in [-0.25, -0.2) is 0 Å². The van der Waals surface area contributed by atoms with E-state index in [1.807, 2.05) is 62.4 Å². The Labute approximate surface area is 134 Å². The molecule has 0 heterocycles. The van der Waals surface area contributed by atoms with Crippen LogP contribution in [0.5, 0.6) is 0 Å². The summed E-state index contributed by atoms with van der Waals surface area (Å²) in [4.78, 5) is 12.1. The van der Waals surface area contributed by atoms with Gasteiger partial charge in [-0.3, -0.25) is 4.79 Å². The smallest absolute Gasteiger partial charge is 0.237 e. The third-order valence-electron chi connectivity index (χ3n) is 3.07. The Morgan fingerprint density at radius 1 is 1.24 bits per heavy atom. The second-order valence-corrected chi connectivity index (χ2v) is 6.70. The summed E-state index contributed by atoms with van der Waals surface area (Å²) in [5, 5.41) is 3.57. The van der Waals surface area contributed by atoms with Crippen molar-refractivity contribution in [2.45, 2.75) is 24.9 Å². The maximum Gasteiger partial charge on any atom is 0.237 e. The van der Waals surface area contributed by atoms with Gasteiger partial charge in [-0.1, -0.05) is 35.9 Å². The van der Waals surface area contributed by atoms with Gasteiger partial charge in [0.05, 0.1) is 5.25 Å². The molecule has 0 saturated carbocycles. The highest BCUT2D eigenvalue weighted by Gasteiger charge is 2.13. The lowest BCUT2D eigenvalue weighted by Gasteiger charge is -2.12. The van der Waals surface area contributed by atoms with Crippen LogP contribution in [0.3, 0.4) is 0 Å². The van der Waals surface area contributed by atoms with Crippen molar-refractivity contribution in [3.8, 4) is 0 Å². The maximum atomic E-state index is 12.1. The molecule has 0 aliphatic rings. The lowest BCUT2D eigenvalue weighted by Crippen LogP contribution is -2.22. The van der Waals surface area contributed by atoms with E-state index >= 15 is 0 Å². The van der Waals surface area contributed by atoms with Crippen LogP contribution >= 0.6 is 23.4 Å². The molecule has 0 aromatic heterocycles. The average molecular weight is 320 g/mol. The SMILES string of the molecule is Cc1cccc(NC(=O)[C@H](C)SCc2ccc(Cl)cc2)c1. The minimum absolute atomic E-state index is 0.0274. The second kappa shape index (κ2) is 7.53. The normalized spacial score (nSPS) is 12.0. The second-order valence-electron chi connectivity index (χ2n) is 4.94. The molecular weight excluding hydrogens is 302 g/mol. The molecule has 2 rings (SSSR count). The van der Waals surface area contributed by atoms with Gasteiger partial charge >= 0.3 is 0 Å². The van der Waals surface area contributed by atoms with Crippen molar-refractivity contribution in [1.29, 1.82) is 0 Å². The highest BCUT2D eigenvalue weighted by atomic mass is 35.5. The number of benzene rings is 2. The number of nitrogens with one attached hydrogen (secondary N) is 1. The summed E-state index contributed by atoms with van der Waals surface area (Å²) in [7, 11) is 0. The molecule has 1 amide bonds. The fourth-order valence-electron chi connectivity index (χ4n) is 1.84. The highest BCUT2D eigenvalue weighted by Crippen LogP contribution is 2.21. The Kier molecular flexibility index (Phi) is 5.71. The molecule has 0 radical (unpaired) electrons. The molecule has 0 unspecified atom stereocenters. The van der Waals surface area contributed by atoms with Gasteiger partial charge in [0.2, 0.25) is 5.91 Å². The minimum atomic E-state index is -0.110. The van der Waals surface area contributed by atoms with E-state index in [2.05, 4.69) is 5.32 Å². The predicted octanol–water partition coefficient (Wildman–Crippen LogP) is 4.91. The molecule has 21 heavy (non-hydrogen) atoms.